The van der Waals surface area contributed by atoms with Gasteiger partial charge in [0.25, 0.3) is 0 Å². The van der Waals surface area contributed by atoms with Gasteiger partial charge in [-0.05, 0) is 45.0 Å². The molecule has 0 radical (unpaired) electrons. The van der Waals surface area contributed by atoms with E-state index in [0.29, 0.717) is 18.1 Å². The van der Waals surface area contributed by atoms with Gasteiger partial charge in [-0.15, -0.1) is 0 Å². The van der Waals surface area contributed by atoms with Gasteiger partial charge in [0.15, 0.2) is 12.5 Å². The highest BCUT2D eigenvalue weighted by Gasteiger charge is 2.49. The van der Waals surface area contributed by atoms with Gasteiger partial charge in [0.1, 0.15) is 6.04 Å². The summed E-state index contributed by atoms with van der Waals surface area (Å²) in [4.78, 5) is 16.5. The average molecular weight is 369 g/mol. The Labute approximate surface area is 153 Å². The molecule has 0 bridgehead atoms. The van der Waals surface area contributed by atoms with Gasteiger partial charge in [0, 0.05) is 30.3 Å². The summed E-state index contributed by atoms with van der Waals surface area (Å²) >= 11 is 5.97. The number of rotatable bonds is 4. The van der Waals surface area contributed by atoms with Gasteiger partial charge in [-0.25, -0.2) is 4.79 Å². The SMILES string of the molecule is COC(=O)[C@H]1CN(C2OC2OC(C)(C)C)CCN1c1ccc(Cl)cc1. The highest BCUT2D eigenvalue weighted by atomic mass is 35.5. The molecule has 2 saturated heterocycles. The molecule has 2 aliphatic heterocycles. The van der Waals surface area contributed by atoms with Gasteiger partial charge >= 0.3 is 5.97 Å². The maximum absolute atomic E-state index is 12.3. The van der Waals surface area contributed by atoms with E-state index in [2.05, 4.69) is 9.80 Å². The topological polar surface area (TPSA) is 54.5 Å². The number of epoxide rings is 1. The zero-order chi connectivity index (χ0) is 18.2. The summed E-state index contributed by atoms with van der Waals surface area (Å²) in [5.41, 5.74) is 0.699. The molecule has 1 aromatic rings. The number of nitrogens with zero attached hydrogens (tertiary/aromatic N) is 2. The summed E-state index contributed by atoms with van der Waals surface area (Å²) in [5, 5.41) is 0.672. The summed E-state index contributed by atoms with van der Waals surface area (Å²) in [5.74, 6) is -0.256. The molecule has 0 N–H and O–H groups in total. The fourth-order valence-corrected chi connectivity index (χ4v) is 3.23. The predicted molar refractivity (Wildman–Crippen MR) is 95.7 cm³/mol. The summed E-state index contributed by atoms with van der Waals surface area (Å²) in [6.07, 6.45) is -0.334. The summed E-state index contributed by atoms with van der Waals surface area (Å²) < 4.78 is 16.5. The molecule has 6 nitrogen and oxygen atoms in total. The molecule has 138 valence electrons. The fourth-order valence-electron chi connectivity index (χ4n) is 3.10. The monoisotopic (exact) mass is 368 g/mol. The molecule has 0 saturated carbocycles. The van der Waals surface area contributed by atoms with Crippen molar-refractivity contribution in [2.75, 3.05) is 31.6 Å². The molecule has 0 amide bonds. The first kappa shape index (κ1) is 18.5. The first-order chi connectivity index (χ1) is 11.8. The fraction of sp³-hybridized carbons (Fsp3) is 0.611. The van der Waals surface area contributed by atoms with Gasteiger partial charge in [-0.2, -0.15) is 0 Å². The molecule has 0 spiro atoms. The minimum Gasteiger partial charge on any atom is -0.467 e. The lowest BCUT2D eigenvalue weighted by atomic mass is 10.1. The van der Waals surface area contributed by atoms with Crippen molar-refractivity contribution in [3.63, 3.8) is 0 Å². The van der Waals surface area contributed by atoms with E-state index >= 15 is 0 Å². The molecule has 3 atom stereocenters. The molecule has 1 aromatic carbocycles. The molecule has 7 heteroatoms. The van der Waals surface area contributed by atoms with E-state index in [4.69, 9.17) is 25.8 Å². The number of methoxy groups -OCH3 is 1. The largest absolute Gasteiger partial charge is 0.467 e. The van der Waals surface area contributed by atoms with Crippen molar-refractivity contribution in [2.45, 2.75) is 44.9 Å². The van der Waals surface area contributed by atoms with E-state index in [-0.39, 0.29) is 30.1 Å². The van der Waals surface area contributed by atoms with Gasteiger partial charge in [-0.3, -0.25) is 4.90 Å². The second-order valence-corrected chi connectivity index (χ2v) is 7.77. The molecule has 2 aliphatic rings. The van der Waals surface area contributed by atoms with Crippen LogP contribution in [0.15, 0.2) is 24.3 Å². The highest BCUT2D eigenvalue weighted by Crippen LogP contribution is 2.33. The predicted octanol–water partition coefficient (Wildman–Crippen LogP) is 2.50. The number of halogens is 1. The van der Waals surface area contributed by atoms with Crippen LogP contribution in [0.5, 0.6) is 0 Å². The van der Waals surface area contributed by atoms with E-state index in [0.717, 1.165) is 12.2 Å². The van der Waals surface area contributed by atoms with Crippen molar-refractivity contribution >= 4 is 23.3 Å². The lowest BCUT2D eigenvalue weighted by Gasteiger charge is -2.40. The zero-order valence-electron chi connectivity index (χ0n) is 15.1. The zero-order valence-corrected chi connectivity index (χ0v) is 15.8. The summed E-state index contributed by atoms with van der Waals surface area (Å²) in [6.45, 7) is 8.02. The van der Waals surface area contributed by atoms with Crippen molar-refractivity contribution in [2.24, 2.45) is 0 Å². The lowest BCUT2D eigenvalue weighted by Crippen LogP contribution is -2.58. The molecule has 0 aliphatic carbocycles. The summed E-state index contributed by atoms with van der Waals surface area (Å²) in [7, 11) is 1.42. The molecule has 3 rings (SSSR count). The third-order valence-electron chi connectivity index (χ3n) is 4.30. The molecule has 2 heterocycles. The Morgan fingerprint density at radius 3 is 2.52 bits per heavy atom. The first-order valence-electron chi connectivity index (χ1n) is 8.46. The van der Waals surface area contributed by atoms with Crippen LogP contribution < -0.4 is 4.90 Å². The molecular formula is C18H25ClN2O4. The van der Waals surface area contributed by atoms with Crippen molar-refractivity contribution in [1.29, 1.82) is 0 Å². The Bertz CT molecular complexity index is 616. The van der Waals surface area contributed by atoms with Crippen LogP contribution in [0.4, 0.5) is 5.69 Å². The third-order valence-corrected chi connectivity index (χ3v) is 4.55. The lowest BCUT2D eigenvalue weighted by molar-refractivity contribution is -0.143. The number of esters is 1. The molecule has 0 aromatic heterocycles. The number of piperazine rings is 1. The number of carbonyl (C=O) groups excluding carboxylic acids is 1. The van der Waals surface area contributed by atoms with Crippen molar-refractivity contribution in [3.8, 4) is 0 Å². The minimum absolute atomic E-state index is 0.0984. The number of hydrogen-bond donors (Lipinski definition) is 0. The van der Waals surface area contributed by atoms with Gasteiger partial charge in [0.2, 0.25) is 0 Å². The molecular weight excluding hydrogens is 344 g/mol. The van der Waals surface area contributed by atoms with E-state index in [1.165, 1.54) is 7.11 Å². The van der Waals surface area contributed by atoms with E-state index < -0.39 is 0 Å². The average Bonchev–Trinajstić information content (AvgIpc) is 3.31. The Morgan fingerprint density at radius 1 is 1.24 bits per heavy atom. The normalized spacial score (nSPS) is 27.2. The van der Waals surface area contributed by atoms with Crippen molar-refractivity contribution < 1.29 is 19.0 Å². The van der Waals surface area contributed by atoms with Crippen LogP contribution in [0.2, 0.25) is 5.02 Å². The third kappa shape index (κ3) is 4.44. The number of carbonyl (C=O) groups is 1. The van der Waals surface area contributed by atoms with Gasteiger partial charge < -0.3 is 19.1 Å². The highest BCUT2D eigenvalue weighted by molar-refractivity contribution is 6.30. The van der Waals surface area contributed by atoms with Crippen LogP contribution in [-0.2, 0) is 19.0 Å². The number of ether oxygens (including phenoxy) is 3. The number of benzene rings is 1. The number of hydrogen-bond acceptors (Lipinski definition) is 6. The Morgan fingerprint density at radius 2 is 1.92 bits per heavy atom. The van der Waals surface area contributed by atoms with Crippen LogP contribution in [0.1, 0.15) is 20.8 Å². The molecule has 2 fully saturated rings. The smallest absolute Gasteiger partial charge is 0.329 e. The molecule has 25 heavy (non-hydrogen) atoms. The summed E-state index contributed by atoms with van der Waals surface area (Å²) in [6, 6.07) is 7.11. The van der Waals surface area contributed by atoms with Gasteiger partial charge in [-0.1, -0.05) is 11.6 Å². The quantitative estimate of drug-likeness (QED) is 0.601. The van der Waals surface area contributed by atoms with Crippen LogP contribution in [0.25, 0.3) is 0 Å². The van der Waals surface area contributed by atoms with Gasteiger partial charge in [0.05, 0.1) is 12.7 Å². The molecule has 2 unspecified atom stereocenters. The van der Waals surface area contributed by atoms with Crippen molar-refractivity contribution in [3.05, 3.63) is 29.3 Å². The maximum Gasteiger partial charge on any atom is 0.329 e. The second kappa shape index (κ2) is 7.11. The van der Waals surface area contributed by atoms with Crippen LogP contribution in [0, 0.1) is 0 Å². The maximum atomic E-state index is 12.3. The second-order valence-electron chi connectivity index (χ2n) is 7.33. The minimum atomic E-state index is -0.389. The Kier molecular flexibility index (Phi) is 5.25. The van der Waals surface area contributed by atoms with Crippen LogP contribution >= 0.6 is 11.6 Å². The Hall–Kier alpha value is -1.34. The first-order valence-corrected chi connectivity index (χ1v) is 8.83. The van der Waals surface area contributed by atoms with E-state index in [1.807, 2.05) is 45.0 Å². The van der Waals surface area contributed by atoms with E-state index in [9.17, 15) is 4.79 Å². The van der Waals surface area contributed by atoms with Crippen LogP contribution in [0.3, 0.4) is 0 Å². The van der Waals surface area contributed by atoms with Crippen molar-refractivity contribution in [1.82, 2.24) is 4.90 Å². The Balaban J connectivity index is 1.69. The number of anilines is 1. The standard InChI is InChI=1S/C18H25ClN2O4/c1-18(2,3)25-17-15(24-17)20-9-10-21(14(11-20)16(22)23-4)13-7-5-12(19)6-8-13/h5-8,14-15,17H,9-11H2,1-4H3/t14-,15?,17?/m1/s1. The van der Waals surface area contributed by atoms with Crippen LogP contribution in [-0.4, -0.2) is 61.8 Å². The van der Waals surface area contributed by atoms with E-state index in [1.54, 1.807) is 0 Å².